The average Bonchev–Trinajstić information content (AvgIpc) is 2.69. The summed E-state index contributed by atoms with van der Waals surface area (Å²) in [6, 6.07) is 15.2. The number of benzene rings is 2. The molecule has 1 aromatic heterocycles. The first kappa shape index (κ1) is 19.0. The van der Waals surface area contributed by atoms with Crippen LogP contribution in [0.1, 0.15) is 23.7 Å². The molecule has 0 aliphatic carbocycles. The summed E-state index contributed by atoms with van der Waals surface area (Å²) in [4.78, 5) is 49.1. The van der Waals surface area contributed by atoms with E-state index in [4.69, 9.17) is 0 Å². The zero-order chi connectivity index (χ0) is 20.3. The Kier molecular flexibility index (Phi) is 5.35. The number of para-hydroxylation sites is 2. The first-order valence-corrected chi connectivity index (χ1v) is 8.61. The van der Waals surface area contributed by atoms with Crippen LogP contribution >= 0.6 is 0 Å². The highest BCUT2D eigenvalue weighted by Crippen LogP contribution is 2.28. The van der Waals surface area contributed by atoms with E-state index in [1.165, 1.54) is 11.5 Å². The van der Waals surface area contributed by atoms with Gasteiger partial charge in [0.05, 0.1) is 18.5 Å². The number of hydrogen-bond acceptors (Lipinski definition) is 6. The number of esters is 1. The lowest BCUT2D eigenvalue weighted by atomic mass is 10.0. The van der Waals surface area contributed by atoms with E-state index < -0.39 is 40.8 Å². The minimum atomic E-state index is -1.15. The van der Waals surface area contributed by atoms with Gasteiger partial charge in [-0.05, 0) is 31.2 Å². The number of fused-ring (bicyclic) bond motifs is 1. The van der Waals surface area contributed by atoms with Crippen LogP contribution in [0.25, 0.3) is 16.6 Å². The van der Waals surface area contributed by atoms with Gasteiger partial charge in [-0.3, -0.25) is 19.0 Å². The predicted molar refractivity (Wildman–Crippen MR) is 102 cm³/mol. The smallest absolute Gasteiger partial charge is 0.375 e. The molecule has 28 heavy (non-hydrogen) atoms. The molecule has 0 spiro atoms. The SMILES string of the molecule is CCOC(=O)C(=O)CC(=O)c1c(O)c2ccccc2n(-c2ccccc2)c1=O. The molecule has 1 heterocycles. The van der Waals surface area contributed by atoms with Crippen LogP contribution < -0.4 is 5.56 Å². The molecular weight excluding hydrogens is 362 g/mol. The maximum atomic E-state index is 13.1. The molecule has 1 N–H and O–H groups in total. The Bertz CT molecular complexity index is 1130. The van der Waals surface area contributed by atoms with Crippen LogP contribution in [-0.2, 0) is 14.3 Å². The Balaban J connectivity index is 2.19. The standard InChI is InChI=1S/C21H17NO6/c1-2-28-21(27)17(24)12-16(23)18-19(25)14-10-6-7-11-15(14)22(20(18)26)13-8-4-3-5-9-13/h3-11,25H,2,12H2,1H3. The second-order valence-corrected chi connectivity index (χ2v) is 5.96. The van der Waals surface area contributed by atoms with E-state index in [-0.39, 0.29) is 12.0 Å². The van der Waals surface area contributed by atoms with Crippen LogP contribution in [0.2, 0.25) is 0 Å². The molecule has 2 aromatic carbocycles. The molecule has 0 radical (unpaired) electrons. The summed E-state index contributed by atoms with van der Waals surface area (Å²) in [5.74, 6) is -3.70. The first-order chi connectivity index (χ1) is 13.5. The van der Waals surface area contributed by atoms with Crippen LogP contribution in [0.3, 0.4) is 0 Å². The monoisotopic (exact) mass is 379 g/mol. The summed E-state index contributed by atoms with van der Waals surface area (Å²) in [6.45, 7) is 1.52. The third kappa shape index (κ3) is 3.42. The summed E-state index contributed by atoms with van der Waals surface area (Å²) >= 11 is 0. The normalized spacial score (nSPS) is 10.6. The van der Waals surface area contributed by atoms with Crippen molar-refractivity contribution in [3.63, 3.8) is 0 Å². The van der Waals surface area contributed by atoms with Gasteiger partial charge in [0, 0.05) is 11.1 Å². The maximum Gasteiger partial charge on any atom is 0.375 e. The summed E-state index contributed by atoms with van der Waals surface area (Å²) in [5.41, 5.74) is -0.414. The second-order valence-electron chi connectivity index (χ2n) is 5.96. The minimum absolute atomic E-state index is 0.0131. The molecule has 3 rings (SSSR count). The fraction of sp³-hybridized carbons (Fsp3) is 0.143. The van der Waals surface area contributed by atoms with E-state index in [9.17, 15) is 24.3 Å². The number of rotatable bonds is 6. The van der Waals surface area contributed by atoms with Crippen LogP contribution in [-0.4, -0.2) is 33.8 Å². The number of nitrogens with zero attached hydrogens (tertiary/aromatic N) is 1. The van der Waals surface area contributed by atoms with Gasteiger partial charge in [-0.1, -0.05) is 30.3 Å². The molecule has 0 saturated carbocycles. The van der Waals surface area contributed by atoms with E-state index >= 15 is 0 Å². The van der Waals surface area contributed by atoms with Crippen molar-refractivity contribution >= 4 is 28.4 Å². The van der Waals surface area contributed by atoms with Crippen molar-refractivity contribution in [1.82, 2.24) is 4.57 Å². The summed E-state index contributed by atoms with van der Waals surface area (Å²) in [5, 5.41) is 10.8. The minimum Gasteiger partial charge on any atom is -0.506 e. The molecule has 0 amide bonds. The van der Waals surface area contributed by atoms with Gasteiger partial charge < -0.3 is 9.84 Å². The lowest BCUT2D eigenvalue weighted by molar-refractivity contribution is -0.153. The number of ether oxygens (including phenoxy) is 1. The largest absolute Gasteiger partial charge is 0.506 e. The molecule has 0 atom stereocenters. The molecule has 142 valence electrons. The quantitative estimate of drug-likeness (QED) is 0.305. The van der Waals surface area contributed by atoms with E-state index in [2.05, 4.69) is 4.74 Å². The van der Waals surface area contributed by atoms with Crippen molar-refractivity contribution in [3.05, 3.63) is 70.5 Å². The van der Waals surface area contributed by atoms with Gasteiger partial charge in [0.15, 0.2) is 5.78 Å². The number of aromatic nitrogens is 1. The molecule has 0 unspecified atom stereocenters. The maximum absolute atomic E-state index is 13.1. The number of hydrogen-bond donors (Lipinski definition) is 1. The highest BCUT2D eigenvalue weighted by Gasteiger charge is 2.27. The van der Waals surface area contributed by atoms with Gasteiger partial charge >= 0.3 is 5.97 Å². The highest BCUT2D eigenvalue weighted by atomic mass is 16.5. The Hall–Kier alpha value is -3.74. The lowest BCUT2D eigenvalue weighted by Crippen LogP contribution is -2.28. The average molecular weight is 379 g/mol. The lowest BCUT2D eigenvalue weighted by Gasteiger charge is -2.14. The van der Waals surface area contributed by atoms with Crippen LogP contribution in [0.15, 0.2) is 59.4 Å². The van der Waals surface area contributed by atoms with Crippen molar-refractivity contribution in [2.75, 3.05) is 6.61 Å². The van der Waals surface area contributed by atoms with E-state index in [0.717, 1.165) is 0 Å². The van der Waals surface area contributed by atoms with Gasteiger partial charge in [0.25, 0.3) is 5.56 Å². The van der Waals surface area contributed by atoms with Crippen molar-refractivity contribution in [2.24, 2.45) is 0 Å². The third-order valence-corrected chi connectivity index (χ3v) is 4.17. The van der Waals surface area contributed by atoms with Crippen molar-refractivity contribution in [1.29, 1.82) is 0 Å². The zero-order valence-electron chi connectivity index (χ0n) is 15.0. The Labute approximate surface area is 159 Å². The van der Waals surface area contributed by atoms with Gasteiger partial charge in [-0.25, -0.2) is 4.79 Å². The Morgan fingerprint density at radius 1 is 1.00 bits per heavy atom. The number of carbonyl (C=O) groups excluding carboxylic acids is 3. The van der Waals surface area contributed by atoms with Crippen LogP contribution in [0.5, 0.6) is 5.75 Å². The van der Waals surface area contributed by atoms with Gasteiger partial charge in [0.1, 0.15) is 11.3 Å². The number of carbonyl (C=O) groups is 3. The van der Waals surface area contributed by atoms with E-state index in [1.807, 2.05) is 0 Å². The molecule has 0 fully saturated rings. The van der Waals surface area contributed by atoms with Gasteiger partial charge in [-0.2, -0.15) is 0 Å². The zero-order valence-corrected chi connectivity index (χ0v) is 15.0. The van der Waals surface area contributed by atoms with Crippen molar-refractivity contribution in [2.45, 2.75) is 13.3 Å². The summed E-state index contributed by atoms with van der Waals surface area (Å²) < 4.78 is 5.87. The molecule has 0 bridgehead atoms. The van der Waals surface area contributed by atoms with Gasteiger partial charge in [0.2, 0.25) is 5.78 Å². The highest BCUT2D eigenvalue weighted by molar-refractivity contribution is 6.38. The van der Waals surface area contributed by atoms with E-state index in [1.54, 1.807) is 54.6 Å². The molecule has 7 heteroatoms. The third-order valence-electron chi connectivity index (χ3n) is 4.17. The molecule has 0 aliphatic rings. The molecular formula is C21H17NO6. The van der Waals surface area contributed by atoms with Crippen molar-refractivity contribution in [3.8, 4) is 11.4 Å². The first-order valence-electron chi connectivity index (χ1n) is 8.61. The molecule has 7 nitrogen and oxygen atoms in total. The molecule has 3 aromatic rings. The number of aromatic hydroxyl groups is 1. The topological polar surface area (TPSA) is 103 Å². The van der Waals surface area contributed by atoms with Crippen molar-refractivity contribution < 1.29 is 24.2 Å². The number of ketones is 2. The van der Waals surface area contributed by atoms with Crippen LogP contribution in [0.4, 0.5) is 0 Å². The number of Topliss-reactive ketones (excluding diaryl/α,β-unsaturated/α-hetero) is 2. The van der Waals surface area contributed by atoms with E-state index in [0.29, 0.717) is 11.2 Å². The summed E-state index contributed by atoms with van der Waals surface area (Å²) in [7, 11) is 0. The van der Waals surface area contributed by atoms with Crippen LogP contribution in [0, 0.1) is 0 Å². The molecule has 0 saturated heterocycles. The fourth-order valence-corrected chi connectivity index (χ4v) is 2.93. The second kappa shape index (κ2) is 7.87. The Morgan fingerprint density at radius 3 is 2.32 bits per heavy atom. The predicted octanol–water partition coefficient (Wildman–Crippen LogP) is 2.40. The fourth-order valence-electron chi connectivity index (χ4n) is 2.93. The summed E-state index contributed by atoms with van der Waals surface area (Å²) in [6.07, 6.45) is -0.866. The number of pyridine rings is 1. The Morgan fingerprint density at radius 2 is 1.64 bits per heavy atom. The molecule has 0 aliphatic heterocycles. The van der Waals surface area contributed by atoms with Gasteiger partial charge in [-0.15, -0.1) is 0 Å².